The van der Waals surface area contributed by atoms with Gasteiger partial charge in [-0.1, -0.05) is 12.1 Å². The maximum absolute atomic E-state index is 12.9. The van der Waals surface area contributed by atoms with E-state index in [1.807, 2.05) is 17.6 Å². The van der Waals surface area contributed by atoms with E-state index in [1.54, 1.807) is 12.1 Å². The molecule has 0 radical (unpaired) electrons. The van der Waals surface area contributed by atoms with E-state index in [-0.39, 0.29) is 18.3 Å². The molecule has 0 saturated heterocycles. The number of nitrogens with one attached hydrogen (secondary N) is 1. The lowest BCUT2D eigenvalue weighted by atomic mass is 10.1. The largest absolute Gasteiger partial charge is 0.350 e. The lowest BCUT2D eigenvalue weighted by Gasteiger charge is -2.09. The Balaban J connectivity index is 1.74. The topological polar surface area (TPSA) is 46.9 Å². The summed E-state index contributed by atoms with van der Waals surface area (Å²) in [6.45, 7) is 6.60. The van der Waals surface area contributed by atoms with E-state index in [4.69, 9.17) is 0 Å². The van der Waals surface area contributed by atoms with Gasteiger partial charge >= 0.3 is 0 Å². The minimum atomic E-state index is -0.281. The molecule has 0 aliphatic heterocycles. The van der Waals surface area contributed by atoms with Gasteiger partial charge < -0.3 is 9.88 Å². The van der Waals surface area contributed by atoms with Crippen LogP contribution in [0.15, 0.2) is 36.4 Å². The molecule has 4 nitrogen and oxygen atoms in total. The molecule has 124 valence electrons. The first-order chi connectivity index (χ1) is 11.4. The SMILES string of the molecule is Cc1cc2nc(C)n(CC(=O)NCc3ccc(F)cc3)c2cc1C. The van der Waals surface area contributed by atoms with Crippen LogP contribution >= 0.6 is 0 Å². The fourth-order valence-corrected chi connectivity index (χ4v) is 2.70. The van der Waals surface area contributed by atoms with Crippen LogP contribution in [0.25, 0.3) is 11.0 Å². The Hall–Kier alpha value is -2.69. The third-order valence-electron chi connectivity index (χ3n) is 4.26. The van der Waals surface area contributed by atoms with E-state index in [0.29, 0.717) is 6.54 Å². The van der Waals surface area contributed by atoms with Crippen molar-refractivity contribution in [2.24, 2.45) is 0 Å². The highest BCUT2D eigenvalue weighted by atomic mass is 19.1. The van der Waals surface area contributed by atoms with Gasteiger partial charge in [0.25, 0.3) is 0 Å². The molecule has 1 amide bonds. The average Bonchev–Trinajstić information content (AvgIpc) is 2.83. The number of amides is 1. The van der Waals surface area contributed by atoms with Crippen molar-refractivity contribution in [3.05, 3.63) is 64.7 Å². The van der Waals surface area contributed by atoms with Crippen molar-refractivity contribution in [2.45, 2.75) is 33.9 Å². The summed E-state index contributed by atoms with van der Waals surface area (Å²) >= 11 is 0. The molecule has 1 N–H and O–H groups in total. The van der Waals surface area contributed by atoms with Crippen LogP contribution in [0, 0.1) is 26.6 Å². The van der Waals surface area contributed by atoms with Gasteiger partial charge in [0.1, 0.15) is 18.2 Å². The van der Waals surface area contributed by atoms with Crippen molar-refractivity contribution in [3.63, 3.8) is 0 Å². The molecule has 0 fully saturated rings. The number of hydrogen-bond acceptors (Lipinski definition) is 2. The predicted octanol–water partition coefficient (Wildman–Crippen LogP) is 3.42. The highest BCUT2D eigenvalue weighted by Crippen LogP contribution is 2.20. The van der Waals surface area contributed by atoms with Gasteiger partial charge in [-0.15, -0.1) is 0 Å². The van der Waals surface area contributed by atoms with Gasteiger partial charge in [-0.3, -0.25) is 4.79 Å². The molecule has 0 unspecified atom stereocenters. The number of fused-ring (bicyclic) bond motifs is 1. The third kappa shape index (κ3) is 3.30. The maximum Gasteiger partial charge on any atom is 0.240 e. The molecule has 0 bridgehead atoms. The number of carbonyl (C=O) groups excluding carboxylic acids is 1. The molecular weight excluding hydrogens is 305 g/mol. The Morgan fingerprint density at radius 3 is 2.50 bits per heavy atom. The van der Waals surface area contributed by atoms with Gasteiger partial charge in [-0.25, -0.2) is 9.37 Å². The first kappa shape index (κ1) is 16.2. The number of aromatic nitrogens is 2. The second-order valence-electron chi connectivity index (χ2n) is 6.07. The molecule has 1 heterocycles. The minimum absolute atomic E-state index is 0.0973. The number of halogens is 1. The summed E-state index contributed by atoms with van der Waals surface area (Å²) in [7, 11) is 0. The Morgan fingerprint density at radius 2 is 1.79 bits per heavy atom. The molecule has 24 heavy (non-hydrogen) atoms. The van der Waals surface area contributed by atoms with Crippen molar-refractivity contribution in [1.29, 1.82) is 0 Å². The second-order valence-corrected chi connectivity index (χ2v) is 6.07. The number of benzene rings is 2. The van der Waals surface area contributed by atoms with Gasteiger partial charge in [0.2, 0.25) is 5.91 Å². The number of hydrogen-bond donors (Lipinski definition) is 1. The van der Waals surface area contributed by atoms with Crippen molar-refractivity contribution >= 4 is 16.9 Å². The zero-order chi connectivity index (χ0) is 17.3. The molecule has 5 heteroatoms. The van der Waals surface area contributed by atoms with Gasteiger partial charge in [-0.05, 0) is 61.7 Å². The lowest BCUT2D eigenvalue weighted by molar-refractivity contribution is -0.121. The number of carbonyl (C=O) groups is 1. The fraction of sp³-hybridized carbons (Fsp3) is 0.263. The number of nitrogens with zero attached hydrogens (tertiary/aromatic N) is 2. The molecule has 0 aliphatic carbocycles. The Labute approximate surface area is 140 Å². The average molecular weight is 325 g/mol. The molecule has 0 spiro atoms. The summed E-state index contributed by atoms with van der Waals surface area (Å²) in [6, 6.07) is 10.2. The van der Waals surface area contributed by atoms with E-state index in [2.05, 4.69) is 30.2 Å². The summed E-state index contributed by atoms with van der Waals surface area (Å²) in [6.07, 6.45) is 0. The van der Waals surface area contributed by atoms with Gasteiger partial charge in [0.05, 0.1) is 11.0 Å². The van der Waals surface area contributed by atoms with Crippen molar-refractivity contribution < 1.29 is 9.18 Å². The molecule has 0 atom stereocenters. The Morgan fingerprint density at radius 1 is 1.12 bits per heavy atom. The molecule has 0 aliphatic rings. The Bertz CT molecular complexity index is 897. The zero-order valence-electron chi connectivity index (χ0n) is 14.1. The fourth-order valence-electron chi connectivity index (χ4n) is 2.70. The van der Waals surface area contributed by atoms with Crippen LogP contribution in [-0.4, -0.2) is 15.5 Å². The van der Waals surface area contributed by atoms with E-state index in [0.717, 1.165) is 22.4 Å². The lowest BCUT2D eigenvalue weighted by Crippen LogP contribution is -2.27. The first-order valence-electron chi connectivity index (χ1n) is 7.89. The summed E-state index contributed by atoms with van der Waals surface area (Å²) < 4.78 is 14.8. The maximum atomic E-state index is 12.9. The molecule has 1 aromatic heterocycles. The van der Waals surface area contributed by atoms with Gasteiger partial charge in [0, 0.05) is 6.54 Å². The number of imidazole rings is 1. The van der Waals surface area contributed by atoms with Crippen LogP contribution in [-0.2, 0) is 17.9 Å². The molecule has 2 aromatic carbocycles. The number of aryl methyl sites for hydroxylation is 3. The molecule has 0 saturated carbocycles. The first-order valence-corrected chi connectivity index (χ1v) is 7.89. The summed E-state index contributed by atoms with van der Waals surface area (Å²) in [4.78, 5) is 16.8. The Kier molecular flexibility index (Phi) is 4.34. The zero-order valence-corrected chi connectivity index (χ0v) is 14.1. The van der Waals surface area contributed by atoms with Gasteiger partial charge in [-0.2, -0.15) is 0 Å². The second kappa shape index (κ2) is 6.43. The van der Waals surface area contributed by atoms with Crippen LogP contribution in [0.1, 0.15) is 22.5 Å². The third-order valence-corrected chi connectivity index (χ3v) is 4.26. The van der Waals surface area contributed by atoms with Gasteiger partial charge in [0.15, 0.2) is 0 Å². The normalized spacial score (nSPS) is 11.0. The monoisotopic (exact) mass is 325 g/mol. The van der Waals surface area contributed by atoms with E-state index >= 15 is 0 Å². The summed E-state index contributed by atoms with van der Waals surface area (Å²) in [5, 5.41) is 2.86. The standard InChI is InChI=1S/C19H20FN3O/c1-12-8-17-18(9-13(12)2)23(14(3)22-17)11-19(24)21-10-15-4-6-16(20)7-5-15/h4-9H,10-11H2,1-3H3,(H,21,24). The van der Waals surface area contributed by atoms with E-state index in [1.165, 1.54) is 23.3 Å². The summed E-state index contributed by atoms with van der Waals surface area (Å²) in [5.74, 6) is 0.433. The molecule has 3 aromatic rings. The van der Waals surface area contributed by atoms with Crippen molar-refractivity contribution in [3.8, 4) is 0 Å². The van der Waals surface area contributed by atoms with Crippen molar-refractivity contribution in [2.75, 3.05) is 0 Å². The highest BCUT2D eigenvalue weighted by molar-refractivity contribution is 5.82. The van der Waals surface area contributed by atoms with Crippen LogP contribution in [0.4, 0.5) is 4.39 Å². The van der Waals surface area contributed by atoms with Crippen LogP contribution in [0.3, 0.4) is 0 Å². The highest BCUT2D eigenvalue weighted by Gasteiger charge is 2.12. The smallest absolute Gasteiger partial charge is 0.240 e. The molecule has 3 rings (SSSR count). The van der Waals surface area contributed by atoms with Crippen LogP contribution < -0.4 is 5.32 Å². The number of rotatable bonds is 4. The van der Waals surface area contributed by atoms with E-state index in [9.17, 15) is 9.18 Å². The predicted molar refractivity (Wildman–Crippen MR) is 92.2 cm³/mol. The van der Waals surface area contributed by atoms with E-state index < -0.39 is 0 Å². The summed E-state index contributed by atoms with van der Waals surface area (Å²) in [5.41, 5.74) is 5.10. The van der Waals surface area contributed by atoms with Crippen LogP contribution in [0.2, 0.25) is 0 Å². The molecular formula is C19H20FN3O. The van der Waals surface area contributed by atoms with Crippen LogP contribution in [0.5, 0.6) is 0 Å². The van der Waals surface area contributed by atoms with Crippen molar-refractivity contribution in [1.82, 2.24) is 14.9 Å². The minimum Gasteiger partial charge on any atom is -0.350 e. The quantitative estimate of drug-likeness (QED) is 0.799.